The zero-order chi connectivity index (χ0) is 21.9. The van der Waals surface area contributed by atoms with Crippen molar-refractivity contribution < 1.29 is 19.1 Å². The van der Waals surface area contributed by atoms with Crippen LogP contribution >= 0.6 is 0 Å². The Balaban J connectivity index is 1.84. The number of hydrogen-bond acceptors (Lipinski definition) is 6. The number of hydrogen-bond donors (Lipinski definition) is 2. The van der Waals surface area contributed by atoms with Crippen LogP contribution in [0.15, 0.2) is 47.6 Å². The minimum absolute atomic E-state index is 0.203. The first kappa shape index (κ1) is 22.7. The van der Waals surface area contributed by atoms with Crippen LogP contribution in [0.25, 0.3) is 0 Å². The molecule has 2 amide bonds. The summed E-state index contributed by atoms with van der Waals surface area (Å²) in [5, 5.41) is 6.47. The van der Waals surface area contributed by atoms with E-state index in [4.69, 9.17) is 9.47 Å². The summed E-state index contributed by atoms with van der Waals surface area (Å²) in [6.45, 7) is 5.89. The van der Waals surface area contributed by atoms with Gasteiger partial charge in [0.2, 0.25) is 0 Å². The average molecular weight is 412 g/mol. The second-order valence-corrected chi connectivity index (χ2v) is 6.31. The zero-order valence-corrected chi connectivity index (χ0v) is 17.8. The molecule has 2 aromatic carbocycles. The van der Waals surface area contributed by atoms with Crippen molar-refractivity contribution in [3.05, 3.63) is 53.6 Å². The molecule has 0 aliphatic heterocycles. The molecule has 0 aromatic heterocycles. The van der Waals surface area contributed by atoms with E-state index >= 15 is 0 Å². The second-order valence-electron chi connectivity index (χ2n) is 6.31. The van der Waals surface area contributed by atoms with Crippen molar-refractivity contribution in [3.8, 4) is 11.5 Å². The zero-order valence-electron chi connectivity index (χ0n) is 17.8. The van der Waals surface area contributed by atoms with E-state index in [-0.39, 0.29) is 6.54 Å². The molecule has 30 heavy (non-hydrogen) atoms. The molecular formula is C22H28N4O4. The molecule has 2 rings (SSSR count). The number of rotatable bonds is 10. The number of hydrazone groups is 1. The molecule has 0 radical (unpaired) electrons. The number of nitrogens with zero attached hydrogens (tertiary/aromatic N) is 2. The lowest BCUT2D eigenvalue weighted by Crippen LogP contribution is -2.34. The molecule has 0 unspecified atom stereocenters. The van der Waals surface area contributed by atoms with Crippen LogP contribution in [0.1, 0.15) is 29.8 Å². The van der Waals surface area contributed by atoms with Crippen LogP contribution in [0, 0.1) is 0 Å². The van der Waals surface area contributed by atoms with Crippen molar-refractivity contribution >= 4 is 23.7 Å². The third-order valence-corrected chi connectivity index (χ3v) is 4.48. The number of methoxy groups -OCH3 is 2. The SMILES string of the molecule is CCN(CC)c1ccc(/C=N\NC(=O)CNC(=O)c2ccc(OC)c(OC)c2)cc1. The maximum Gasteiger partial charge on any atom is 0.259 e. The molecule has 0 bridgehead atoms. The third-order valence-electron chi connectivity index (χ3n) is 4.48. The summed E-state index contributed by atoms with van der Waals surface area (Å²) in [5.41, 5.74) is 4.76. The number of benzene rings is 2. The predicted octanol–water partition coefficient (Wildman–Crippen LogP) is 2.43. The van der Waals surface area contributed by atoms with Crippen molar-refractivity contribution in [2.45, 2.75) is 13.8 Å². The van der Waals surface area contributed by atoms with Gasteiger partial charge in [0.05, 0.1) is 27.0 Å². The van der Waals surface area contributed by atoms with Gasteiger partial charge in [-0.3, -0.25) is 9.59 Å². The topological polar surface area (TPSA) is 92.3 Å². The molecule has 0 fully saturated rings. The summed E-state index contributed by atoms with van der Waals surface area (Å²) >= 11 is 0. The molecule has 160 valence electrons. The van der Waals surface area contributed by atoms with Crippen LogP contribution in [-0.4, -0.2) is 51.9 Å². The number of carbonyl (C=O) groups excluding carboxylic acids is 2. The molecule has 2 N–H and O–H groups in total. The van der Waals surface area contributed by atoms with Gasteiger partial charge in [-0.15, -0.1) is 0 Å². The number of anilines is 1. The van der Waals surface area contributed by atoms with Crippen molar-refractivity contribution in [1.29, 1.82) is 0 Å². The van der Waals surface area contributed by atoms with E-state index in [0.29, 0.717) is 17.1 Å². The summed E-state index contributed by atoms with van der Waals surface area (Å²) in [7, 11) is 3.00. The minimum Gasteiger partial charge on any atom is -0.493 e. The van der Waals surface area contributed by atoms with Crippen molar-refractivity contribution in [3.63, 3.8) is 0 Å². The maximum atomic E-state index is 12.2. The highest BCUT2D eigenvalue weighted by Gasteiger charge is 2.11. The average Bonchev–Trinajstić information content (AvgIpc) is 2.78. The lowest BCUT2D eigenvalue weighted by molar-refractivity contribution is -0.120. The monoisotopic (exact) mass is 412 g/mol. The highest BCUT2D eigenvalue weighted by molar-refractivity contribution is 5.97. The molecule has 0 aliphatic carbocycles. The third kappa shape index (κ3) is 6.23. The predicted molar refractivity (Wildman–Crippen MR) is 118 cm³/mol. The van der Waals surface area contributed by atoms with Crippen LogP contribution in [0.2, 0.25) is 0 Å². The first-order chi connectivity index (χ1) is 14.5. The Labute approximate surface area is 176 Å². The number of amides is 2. The lowest BCUT2D eigenvalue weighted by atomic mass is 10.2. The Morgan fingerprint density at radius 1 is 1.00 bits per heavy atom. The van der Waals surface area contributed by atoms with Gasteiger partial charge in [0.25, 0.3) is 11.8 Å². The van der Waals surface area contributed by atoms with Crippen LogP contribution in [-0.2, 0) is 4.79 Å². The number of carbonyl (C=O) groups is 2. The maximum absolute atomic E-state index is 12.2. The molecule has 0 saturated carbocycles. The Morgan fingerprint density at radius 2 is 1.67 bits per heavy atom. The standard InChI is InChI=1S/C22H28N4O4/c1-5-26(6-2)18-10-7-16(8-11-18)14-24-25-21(27)15-23-22(28)17-9-12-19(29-3)20(13-17)30-4/h7-14H,5-6,15H2,1-4H3,(H,23,28)(H,25,27)/b24-14-. The van der Waals surface area contributed by atoms with E-state index in [2.05, 4.69) is 34.6 Å². The van der Waals surface area contributed by atoms with Gasteiger partial charge in [0.1, 0.15) is 0 Å². The van der Waals surface area contributed by atoms with E-state index in [9.17, 15) is 9.59 Å². The van der Waals surface area contributed by atoms with E-state index in [1.54, 1.807) is 24.4 Å². The van der Waals surface area contributed by atoms with Crippen LogP contribution < -0.4 is 25.1 Å². The lowest BCUT2D eigenvalue weighted by Gasteiger charge is -2.20. The van der Waals surface area contributed by atoms with Gasteiger partial charge in [-0.2, -0.15) is 5.10 Å². The summed E-state index contributed by atoms with van der Waals surface area (Å²) in [6.07, 6.45) is 1.56. The Bertz CT molecular complexity index is 877. The van der Waals surface area contributed by atoms with E-state index in [0.717, 1.165) is 24.3 Å². The molecular weight excluding hydrogens is 384 g/mol. The van der Waals surface area contributed by atoms with Gasteiger partial charge >= 0.3 is 0 Å². The number of ether oxygens (including phenoxy) is 2. The van der Waals surface area contributed by atoms with Gasteiger partial charge in [0.15, 0.2) is 11.5 Å². The summed E-state index contributed by atoms with van der Waals surface area (Å²) in [6, 6.07) is 12.7. The normalized spacial score (nSPS) is 10.5. The summed E-state index contributed by atoms with van der Waals surface area (Å²) in [5.74, 6) is 0.124. The summed E-state index contributed by atoms with van der Waals surface area (Å²) < 4.78 is 10.3. The first-order valence-corrected chi connectivity index (χ1v) is 9.69. The minimum atomic E-state index is -0.431. The molecule has 8 heteroatoms. The fourth-order valence-corrected chi connectivity index (χ4v) is 2.82. The quantitative estimate of drug-likeness (QED) is 0.462. The fourth-order valence-electron chi connectivity index (χ4n) is 2.82. The number of nitrogens with one attached hydrogen (secondary N) is 2. The van der Waals surface area contributed by atoms with E-state index in [1.807, 2.05) is 24.3 Å². The van der Waals surface area contributed by atoms with Gasteiger partial charge in [-0.25, -0.2) is 5.43 Å². The molecule has 0 saturated heterocycles. The van der Waals surface area contributed by atoms with Gasteiger partial charge < -0.3 is 19.7 Å². The second kappa shape index (κ2) is 11.5. The highest BCUT2D eigenvalue weighted by atomic mass is 16.5. The van der Waals surface area contributed by atoms with E-state index in [1.165, 1.54) is 14.2 Å². The largest absolute Gasteiger partial charge is 0.493 e. The van der Waals surface area contributed by atoms with Gasteiger partial charge in [-0.1, -0.05) is 12.1 Å². The van der Waals surface area contributed by atoms with E-state index < -0.39 is 11.8 Å². The van der Waals surface area contributed by atoms with Crippen molar-refractivity contribution in [2.75, 3.05) is 38.8 Å². The smallest absolute Gasteiger partial charge is 0.259 e. The van der Waals surface area contributed by atoms with Crippen LogP contribution in [0.3, 0.4) is 0 Å². The molecule has 2 aromatic rings. The Hall–Kier alpha value is -3.55. The van der Waals surface area contributed by atoms with Crippen LogP contribution in [0.5, 0.6) is 11.5 Å². The summed E-state index contributed by atoms with van der Waals surface area (Å²) in [4.78, 5) is 26.4. The molecule has 8 nitrogen and oxygen atoms in total. The Kier molecular flexibility index (Phi) is 8.68. The van der Waals surface area contributed by atoms with Crippen molar-refractivity contribution in [2.24, 2.45) is 5.10 Å². The van der Waals surface area contributed by atoms with Crippen molar-refractivity contribution in [1.82, 2.24) is 10.7 Å². The molecule has 0 aliphatic rings. The van der Waals surface area contributed by atoms with Gasteiger partial charge in [-0.05, 0) is 49.7 Å². The van der Waals surface area contributed by atoms with Crippen LogP contribution in [0.4, 0.5) is 5.69 Å². The fraction of sp³-hybridized carbons (Fsp3) is 0.318. The highest BCUT2D eigenvalue weighted by Crippen LogP contribution is 2.27. The molecule has 0 heterocycles. The first-order valence-electron chi connectivity index (χ1n) is 9.69. The van der Waals surface area contributed by atoms with Gasteiger partial charge in [0, 0.05) is 24.3 Å². The molecule has 0 atom stereocenters. The molecule has 0 spiro atoms. The Morgan fingerprint density at radius 3 is 2.27 bits per heavy atom.